The number of benzene rings is 1. The van der Waals surface area contributed by atoms with E-state index in [0.717, 1.165) is 49.7 Å². The quantitative estimate of drug-likeness (QED) is 0.158. The van der Waals surface area contributed by atoms with Gasteiger partial charge in [0.1, 0.15) is 0 Å². The standard InChI is InChI=1S/C32H44N2O4/c1-3-5-7-9-11-13-17-25-21-29(35)33(31(25)37)23-27-19-15-16-20-28(27)24-34-30(36)22-26(32(34)38)18-14-12-10-8-6-4-2/h15-16,19-22H,3-14,17-18,23-24H2,1-2H3. The van der Waals surface area contributed by atoms with Crippen LogP contribution in [0, 0.1) is 0 Å². The number of rotatable bonds is 18. The molecule has 0 radical (unpaired) electrons. The summed E-state index contributed by atoms with van der Waals surface area (Å²) in [7, 11) is 0. The lowest BCUT2D eigenvalue weighted by molar-refractivity contribution is -0.139. The molecule has 4 amide bonds. The minimum absolute atomic E-state index is 0.138. The SMILES string of the molecule is CCCCCCCCC1=CC(=O)N(Cc2ccccc2CN2C(=O)C=C(CCCCCCCC)C2=O)C1=O. The molecule has 2 aliphatic rings. The zero-order chi connectivity index (χ0) is 27.3. The first-order chi connectivity index (χ1) is 18.5. The molecular weight excluding hydrogens is 476 g/mol. The first kappa shape index (κ1) is 29.5. The predicted octanol–water partition coefficient (Wildman–Crippen LogP) is 6.78. The van der Waals surface area contributed by atoms with Gasteiger partial charge in [-0.15, -0.1) is 0 Å². The maximum Gasteiger partial charge on any atom is 0.257 e. The van der Waals surface area contributed by atoms with Crippen molar-refractivity contribution in [1.82, 2.24) is 9.80 Å². The van der Waals surface area contributed by atoms with Gasteiger partial charge in [-0.25, -0.2) is 0 Å². The summed E-state index contributed by atoms with van der Waals surface area (Å²) in [6.07, 6.45) is 17.7. The number of imide groups is 2. The normalized spacial score (nSPS) is 15.6. The largest absolute Gasteiger partial charge is 0.271 e. The molecule has 2 heterocycles. The predicted molar refractivity (Wildman–Crippen MR) is 150 cm³/mol. The van der Waals surface area contributed by atoms with Crippen molar-refractivity contribution in [3.05, 3.63) is 58.7 Å². The van der Waals surface area contributed by atoms with Gasteiger partial charge in [0, 0.05) is 23.3 Å². The highest BCUT2D eigenvalue weighted by Gasteiger charge is 2.33. The Morgan fingerprint density at radius 1 is 0.526 bits per heavy atom. The Morgan fingerprint density at radius 3 is 1.29 bits per heavy atom. The Bertz CT molecular complexity index is 972. The van der Waals surface area contributed by atoms with Crippen LogP contribution in [0.1, 0.15) is 115 Å². The van der Waals surface area contributed by atoms with Crippen LogP contribution < -0.4 is 0 Å². The topological polar surface area (TPSA) is 74.8 Å². The Labute approximate surface area is 228 Å². The molecule has 0 spiro atoms. The Balaban J connectivity index is 1.54. The molecule has 38 heavy (non-hydrogen) atoms. The number of carbonyl (C=O) groups excluding carboxylic acids is 4. The monoisotopic (exact) mass is 520 g/mol. The van der Waals surface area contributed by atoms with Crippen molar-refractivity contribution in [3.8, 4) is 0 Å². The van der Waals surface area contributed by atoms with E-state index in [1.165, 1.54) is 60.5 Å². The molecule has 1 aromatic carbocycles. The van der Waals surface area contributed by atoms with Crippen molar-refractivity contribution in [2.45, 2.75) is 117 Å². The summed E-state index contributed by atoms with van der Waals surface area (Å²) in [6, 6.07) is 7.42. The van der Waals surface area contributed by atoms with Crippen molar-refractivity contribution in [2.24, 2.45) is 0 Å². The van der Waals surface area contributed by atoms with Crippen LogP contribution in [0.15, 0.2) is 47.6 Å². The van der Waals surface area contributed by atoms with Crippen LogP contribution in [-0.2, 0) is 32.3 Å². The Kier molecular flexibility index (Phi) is 12.0. The van der Waals surface area contributed by atoms with Crippen LogP contribution in [0.3, 0.4) is 0 Å². The molecule has 6 nitrogen and oxygen atoms in total. The molecule has 0 unspecified atom stereocenters. The molecule has 0 saturated carbocycles. The van der Waals surface area contributed by atoms with Gasteiger partial charge in [-0.05, 0) is 36.8 Å². The molecule has 2 aliphatic heterocycles. The lowest BCUT2D eigenvalue weighted by Crippen LogP contribution is -2.33. The first-order valence-electron chi connectivity index (χ1n) is 14.7. The molecule has 3 rings (SSSR count). The highest BCUT2D eigenvalue weighted by Crippen LogP contribution is 2.26. The second-order valence-electron chi connectivity index (χ2n) is 10.6. The fraction of sp³-hybridized carbons (Fsp3) is 0.562. The molecule has 0 aromatic heterocycles. The maximum absolute atomic E-state index is 13.0. The van der Waals surface area contributed by atoms with Crippen molar-refractivity contribution in [1.29, 1.82) is 0 Å². The third kappa shape index (κ3) is 8.24. The summed E-state index contributed by atoms with van der Waals surface area (Å²) < 4.78 is 0. The van der Waals surface area contributed by atoms with E-state index in [4.69, 9.17) is 0 Å². The molecule has 6 heteroatoms. The van der Waals surface area contributed by atoms with E-state index in [9.17, 15) is 19.2 Å². The van der Waals surface area contributed by atoms with Gasteiger partial charge in [-0.3, -0.25) is 29.0 Å². The number of nitrogens with zero attached hydrogens (tertiary/aromatic N) is 2. The molecule has 0 saturated heterocycles. The summed E-state index contributed by atoms with van der Waals surface area (Å²) >= 11 is 0. The Morgan fingerprint density at radius 2 is 0.895 bits per heavy atom. The zero-order valence-corrected chi connectivity index (χ0v) is 23.3. The first-order valence-corrected chi connectivity index (χ1v) is 14.7. The third-order valence-corrected chi connectivity index (χ3v) is 7.54. The number of carbonyl (C=O) groups is 4. The average Bonchev–Trinajstić information content (AvgIpc) is 3.33. The smallest absolute Gasteiger partial charge is 0.257 e. The van der Waals surface area contributed by atoms with E-state index >= 15 is 0 Å². The Hall–Kier alpha value is -3.02. The van der Waals surface area contributed by atoms with Gasteiger partial charge >= 0.3 is 0 Å². The van der Waals surface area contributed by atoms with Gasteiger partial charge in [0.25, 0.3) is 23.6 Å². The molecule has 0 fully saturated rings. The average molecular weight is 521 g/mol. The van der Waals surface area contributed by atoms with Crippen molar-refractivity contribution in [2.75, 3.05) is 0 Å². The lowest BCUT2D eigenvalue weighted by Gasteiger charge is -2.20. The van der Waals surface area contributed by atoms with Crippen molar-refractivity contribution < 1.29 is 19.2 Å². The van der Waals surface area contributed by atoms with Crippen LogP contribution in [0.25, 0.3) is 0 Å². The minimum atomic E-state index is -0.290. The van der Waals surface area contributed by atoms with E-state index < -0.39 is 0 Å². The maximum atomic E-state index is 13.0. The molecule has 0 aliphatic carbocycles. The molecule has 0 atom stereocenters. The molecule has 0 N–H and O–H groups in total. The van der Waals surface area contributed by atoms with Gasteiger partial charge < -0.3 is 0 Å². The summed E-state index contributed by atoms with van der Waals surface area (Å²) in [6.45, 7) is 4.65. The second-order valence-corrected chi connectivity index (χ2v) is 10.6. The summed E-state index contributed by atoms with van der Waals surface area (Å²) in [5.74, 6) is -1.03. The van der Waals surface area contributed by atoms with E-state index in [2.05, 4.69) is 13.8 Å². The minimum Gasteiger partial charge on any atom is -0.271 e. The molecule has 1 aromatic rings. The number of amides is 4. The van der Waals surface area contributed by atoms with Gasteiger partial charge in [0.15, 0.2) is 0 Å². The van der Waals surface area contributed by atoms with Gasteiger partial charge in [-0.1, -0.05) is 102 Å². The van der Waals surface area contributed by atoms with E-state index in [0.29, 0.717) is 24.0 Å². The fourth-order valence-electron chi connectivity index (χ4n) is 5.18. The van der Waals surface area contributed by atoms with Crippen LogP contribution in [0.4, 0.5) is 0 Å². The third-order valence-electron chi connectivity index (χ3n) is 7.54. The van der Waals surface area contributed by atoms with Crippen molar-refractivity contribution >= 4 is 23.6 Å². The van der Waals surface area contributed by atoms with E-state index in [-0.39, 0.29) is 36.7 Å². The van der Waals surface area contributed by atoms with Gasteiger partial charge in [-0.2, -0.15) is 0 Å². The zero-order valence-electron chi connectivity index (χ0n) is 23.3. The van der Waals surface area contributed by atoms with Crippen molar-refractivity contribution in [3.63, 3.8) is 0 Å². The van der Waals surface area contributed by atoms with Crippen LogP contribution >= 0.6 is 0 Å². The highest BCUT2D eigenvalue weighted by atomic mass is 16.2. The number of hydrogen-bond donors (Lipinski definition) is 0. The summed E-state index contributed by atoms with van der Waals surface area (Å²) in [5.41, 5.74) is 2.70. The van der Waals surface area contributed by atoms with Gasteiger partial charge in [0.2, 0.25) is 0 Å². The number of unbranched alkanes of at least 4 members (excludes halogenated alkanes) is 10. The summed E-state index contributed by atoms with van der Waals surface area (Å²) in [5, 5.41) is 0. The van der Waals surface area contributed by atoms with Crippen LogP contribution in [0.5, 0.6) is 0 Å². The fourth-order valence-corrected chi connectivity index (χ4v) is 5.18. The van der Waals surface area contributed by atoms with Gasteiger partial charge in [0.05, 0.1) is 13.1 Å². The lowest BCUT2D eigenvalue weighted by atomic mass is 10.0. The van der Waals surface area contributed by atoms with Crippen LogP contribution in [0.2, 0.25) is 0 Å². The number of hydrogen-bond acceptors (Lipinski definition) is 4. The second kappa shape index (κ2) is 15.4. The van der Waals surface area contributed by atoms with E-state index in [1.807, 2.05) is 24.3 Å². The molecular formula is C32H44N2O4. The van der Waals surface area contributed by atoms with Crippen LogP contribution in [-0.4, -0.2) is 33.4 Å². The van der Waals surface area contributed by atoms with E-state index in [1.54, 1.807) is 0 Å². The molecule has 206 valence electrons. The highest BCUT2D eigenvalue weighted by molar-refractivity contribution is 6.16. The summed E-state index contributed by atoms with van der Waals surface area (Å²) in [4.78, 5) is 53.8. The molecule has 0 bridgehead atoms.